The van der Waals surface area contributed by atoms with Crippen LogP contribution in [-0.4, -0.2) is 63.7 Å². The number of ether oxygens (including phenoxy) is 2. The molecule has 2 atom stereocenters. The number of rotatable bonds is 13. The average Bonchev–Trinajstić information content (AvgIpc) is 2.85. The van der Waals surface area contributed by atoms with Crippen molar-refractivity contribution in [2.45, 2.75) is 52.7 Å². The summed E-state index contributed by atoms with van der Waals surface area (Å²) in [6, 6.07) is 12.9. The van der Waals surface area contributed by atoms with E-state index >= 15 is 0 Å². The molecule has 2 rings (SSSR count). The molecule has 2 aromatic carbocycles. The van der Waals surface area contributed by atoms with Crippen LogP contribution in [0.4, 0.5) is 5.69 Å². The van der Waals surface area contributed by atoms with Crippen LogP contribution in [0.3, 0.4) is 0 Å². The Morgan fingerprint density at radius 3 is 2.22 bits per heavy atom. The van der Waals surface area contributed by atoms with Gasteiger partial charge in [0.15, 0.2) is 0 Å². The minimum absolute atomic E-state index is 0.0662. The monoisotopic (exact) mass is 519 g/mol. The highest BCUT2D eigenvalue weighted by molar-refractivity contribution is 7.92. The van der Waals surface area contributed by atoms with E-state index in [9.17, 15) is 18.0 Å². The summed E-state index contributed by atoms with van der Waals surface area (Å²) in [5.41, 5.74) is 1.03. The summed E-state index contributed by atoms with van der Waals surface area (Å²) in [5, 5.41) is 2.91. The molecule has 36 heavy (non-hydrogen) atoms. The van der Waals surface area contributed by atoms with E-state index in [-0.39, 0.29) is 24.2 Å². The van der Waals surface area contributed by atoms with Crippen molar-refractivity contribution >= 4 is 27.5 Å². The molecule has 0 aromatic heterocycles. The van der Waals surface area contributed by atoms with E-state index in [2.05, 4.69) is 5.32 Å². The molecule has 2 amide bonds. The first-order chi connectivity index (χ1) is 17.0. The molecule has 0 fully saturated rings. The van der Waals surface area contributed by atoms with Gasteiger partial charge in [0.05, 0.1) is 25.7 Å². The minimum Gasteiger partial charge on any atom is -0.497 e. The zero-order chi connectivity index (χ0) is 26.9. The fourth-order valence-electron chi connectivity index (χ4n) is 3.51. The van der Waals surface area contributed by atoms with E-state index in [4.69, 9.17) is 9.47 Å². The van der Waals surface area contributed by atoms with Gasteiger partial charge < -0.3 is 19.7 Å². The number of nitrogens with zero attached hydrogens (tertiary/aromatic N) is 2. The maximum Gasteiger partial charge on any atom is 0.244 e. The van der Waals surface area contributed by atoms with E-state index in [1.165, 1.54) is 4.90 Å². The number of benzene rings is 2. The Balaban J connectivity index is 2.42. The largest absolute Gasteiger partial charge is 0.497 e. The second-order valence-electron chi connectivity index (χ2n) is 8.53. The van der Waals surface area contributed by atoms with Crippen LogP contribution in [0, 0.1) is 0 Å². The van der Waals surface area contributed by atoms with Crippen molar-refractivity contribution in [3.8, 4) is 11.5 Å². The van der Waals surface area contributed by atoms with Crippen LogP contribution in [0.25, 0.3) is 0 Å². The quantitative estimate of drug-likeness (QED) is 0.436. The lowest BCUT2D eigenvalue weighted by Gasteiger charge is -2.32. The molecule has 0 aliphatic heterocycles. The van der Waals surface area contributed by atoms with Gasteiger partial charge in [-0.05, 0) is 57.0 Å². The van der Waals surface area contributed by atoms with Crippen molar-refractivity contribution in [3.63, 3.8) is 0 Å². The maximum absolute atomic E-state index is 13.6. The third-order valence-corrected chi connectivity index (χ3v) is 6.92. The van der Waals surface area contributed by atoms with Crippen molar-refractivity contribution < 1.29 is 27.5 Å². The molecule has 10 heteroatoms. The third-order valence-electron chi connectivity index (χ3n) is 5.79. The molecule has 0 bridgehead atoms. The molecule has 198 valence electrons. The zero-order valence-corrected chi connectivity index (χ0v) is 22.7. The van der Waals surface area contributed by atoms with E-state index in [0.29, 0.717) is 18.1 Å². The topological polar surface area (TPSA) is 105 Å². The lowest BCUT2D eigenvalue weighted by atomic mass is 10.1. The van der Waals surface area contributed by atoms with Crippen molar-refractivity contribution in [2.75, 3.05) is 30.8 Å². The molecule has 0 aliphatic rings. The fourth-order valence-corrected chi connectivity index (χ4v) is 4.36. The van der Waals surface area contributed by atoms with Crippen LogP contribution in [0.2, 0.25) is 0 Å². The summed E-state index contributed by atoms with van der Waals surface area (Å²) in [4.78, 5) is 28.0. The van der Waals surface area contributed by atoms with Crippen molar-refractivity contribution in [1.82, 2.24) is 10.2 Å². The summed E-state index contributed by atoms with van der Waals surface area (Å²) in [7, 11) is -2.29. The Morgan fingerprint density at radius 1 is 1.03 bits per heavy atom. The predicted octanol–water partition coefficient (Wildman–Crippen LogP) is 3.19. The first kappa shape index (κ1) is 29.0. The number of carbonyl (C=O) groups excluding carboxylic acids is 2. The summed E-state index contributed by atoms with van der Waals surface area (Å²) in [6.07, 6.45) is 1.77. The van der Waals surface area contributed by atoms with Gasteiger partial charge in [-0.1, -0.05) is 31.2 Å². The summed E-state index contributed by atoms with van der Waals surface area (Å²) in [6.45, 7) is 7.23. The number of sulfonamides is 1. The van der Waals surface area contributed by atoms with Gasteiger partial charge in [0.2, 0.25) is 21.8 Å². The van der Waals surface area contributed by atoms with Gasteiger partial charge in [-0.25, -0.2) is 8.42 Å². The number of carbonyl (C=O) groups is 2. The van der Waals surface area contributed by atoms with Gasteiger partial charge in [0, 0.05) is 12.6 Å². The van der Waals surface area contributed by atoms with E-state index in [1.807, 2.05) is 13.8 Å². The van der Waals surface area contributed by atoms with Crippen LogP contribution in [-0.2, 0) is 26.2 Å². The number of hydrogen-bond acceptors (Lipinski definition) is 6. The number of anilines is 1. The maximum atomic E-state index is 13.6. The van der Waals surface area contributed by atoms with E-state index in [1.54, 1.807) is 69.5 Å². The zero-order valence-electron chi connectivity index (χ0n) is 21.9. The Morgan fingerprint density at radius 2 is 1.67 bits per heavy atom. The Kier molecular flexibility index (Phi) is 10.6. The number of hydrogen-bond donors (Lipinski definition) is 1. The molecule has 0 radical (unpaired) electrons. The highest BCUT2D eigenvalue weighted by atomic mass is 32.2. The van der Waals surface area contributed by atoms with Gasteiger partial charge in [0.25, 0.3) is 0 Å². The summed E-state index contributed by atoms with van der Waals surface area (Å²) >= 11 is 0. The number of nitrogens with one attached hydrogen (secondary N) is 1. The molecule has 0 heterocycles. The van der Waals surface area contributed by atoms with Crippen molar-refractivity contribution in [3.05, 3.63) is 54.1 Å². The summed E-state index contributed by atoms with van der Waals surface area (Å²) in [5.74, 6) is 0.179. The lowest BCUT2D eigenvalue weighted by Crippen LogP contribution is -2.52. The highest BCUT2D eigenvalue weighted by Gasteiger charge is 2.31. The molecule has 0 unspecified atom stereocenters. The molecule has 1 N–H and O–H groups in total. The molecular formula is C26H37N3O6S. The highest BCUT2D eigenvalue weighted by Crippen LogP contribution is 2.30. The number of para-hydroxylation sites is 2. The van der Waals surface area contributed by atoms with Crippen LogP contribution in [0.1, 0.15) is 39.7 Å². The molecule has 9 nitrogen and oxygen atoms in total. The first-order valence-electron chi connectivity index (χ1n) is 11.9. The van der Waals surface area contributed by atoms with Crippen LogP contribution in [0.5, 0.6) is 11.5 Å². The second-order valence-corrected chi connectivity index (χ2v) is 10.4. The smallest absolute Gasteiger partial charge is 0.244 e. The minimum atomic E-state index is -3.85. The van der Waals surface area contributed by atoms with Crippen LogP contribution < -0.4 is 19.1 Å². The third kappa shape index (κ3) is 7.87. The summed E-state index contributed by atoms with van der Waals surface area (Å²) < 4.78 is 37.4. The fraction of sp³-hybridized carbons (Fsp3) is 0.462. The van der Waals surface area contributed by atoms with Gasteiger partial charge in [0.1, 0.15) is 24.1 Å². The first-order valence-corrected chi connectivity index (χ1v) is 13.8. The van der Waals surface area contributed by atoms with E-state index in [0.717, 1.165) is 22.5 Å². The SMILES string of the molecule is CCOc1ccccc1N(CC(=O)N(Cc1ccc(OC)cc1)[C@@H](C)C(=O)N[C@H](C)CC)S(C)(=O)=O. The average molecular weight is 520 g/mol. The van der Waals surface area contributed by atoms with Crippen molar-refractivity contribution in [2.24, 2.45) is 0 Å². The number of methoxy groups -OCH3 is 1. The molecule has 0 spiro atoms. The van der Waals surface area contributed by atoms with E-state index < -0.39 is 28.5 Å². The molecule has 2 aromatic rings. The van der Waals surface area contributed by atoms with Gasteiger partial charge in [-0.15, -0.1) is 0 Å². The van der Waals surface area contributed by atoms with Crippen LogP contribution >= 0.6 is 0 Å². The van der Waals surface area contributed by atoms with Crippen molar-refractivity contribution in [1.29, 1.82) is 0 Å². The normalized spacial score (nSPS) is 12.8. The molecule has 0 saturated heterocycles. The van der Waals surface area contributed by atoms with Gasteiger partial charge >= 0.3 is 0 Å². The predicted molar refractivity (Wildman–Crippen MR) is 141 cm³/mol. The van der Waals surface area contributed by atoms with Gasteiger partial charge in [-0.2, -0.15) is 0 Å². The molecule has 0 aliphatic carbocycles. The Bertz CT molecular complexity index is 1120. The lowest BCUT2D eigenvalue weighted by molar-refractivity contribution is -0.139. The standard InChI is InChI=1S/C26H37N3O6S/c1-7-19(3)27-26(31)20(4)28(17-21-13-15-22(34-5)16-14-21)25(30)18-29(36(6,32)33)23-11-9-10-12-24(23)35-8-2/h9-16,19-20H,7-8,17-18H2,1-6H3,(H,27,31)/t19-,20+/m1/s1. The molecule has 0 saturated carbocycles. The Labute approximate surface area is 214 Å². The van der Waals surface area contributed by atoms with Crippen LogP contribution in [0.15, 0.2) is 48.5 Å². The second kappa shape index (κ2) is 13.2. The Hall–Kier alpha value is -3.27. The number of amides is 2. The van der Waals surface area contributed by atoms with Gasteiger partial charge in [-0.3, -0.25) is 13.9 Å². The molecular weight excluding hydrogens is 482 g/mol.